The van der Waals surface area contributed by atoms with E-state index in [1.54, 1.807) is 0 Å². The molecule has 3 nitrogen and oxygen atoms in total. The summed E-state index contributed by atoms with van der Waals surface area (Å²) in [6, 6.07) is 4.28. The summed E-state index contributed by atoms with van der Waals surface area (Å²) in [4.78, 5) is 0. The minimum atomic E-state index is 0.461. The molecule has 0 aromatic heterocycles. The van der Waals surface area contributed by atoms with E-state index in [0.717, 1.165) is 17.9 Å². The summed E-state index contributed by atoms with van der Waals surface area (Å²) in [6.07, 6.45) is 0.999. The molecular formula is C15H23NO2. The Labute approximate surface area is 109 Å². The third-order valence-electron chi connectivity index (χ3n) is 3.50. The summed E-state index contributed by atoms with van der Waals surface area (Å²) < 4.78 is 11.3. The van der Waals surface area contributed by atoms with E-state index >= 15 is 0 Å². The highest BCUT2D eigenvalue weighted by molar-refractivity contribution is 5.50. The van der Waals surface area contributed by atoms with E-state index in [0.29, 0.717) is 31.6 Å². The van der Waals surface area contributed by atoms with Crippen molar-refractivity contribution in [2.24, 2.45) is 5.73 Å². The number of nitrogens with two attached hydrogens (primary N) is 1. The average molecular weight is 249 g/mol. The highest BCUT2D eigenvalue weighted by atomic mass is 16.6. The Hall–Kier alpha value is -1.22. The van der Waals surface area contributed by atoms with Gasteiger partial charge in [0.05, 0.1) is 0 Å². The molecule has 1 aromatic carbocycles. The average Bonchev–Trinajstić information content (AvgIpc) is 2.37. The maximum Gasteiger partial charge on any atom is 0.161 e. The van der Waals surface area contributed by atoms with Gasteiger partial charge in [-0.1, -0.05) is 20.8 Å². The van der Waals surface area contributed by atoms with Crippen LogP contribution in [0.1, 0.15) is 50.2 Å². The first-order chi connectivity index (χ1) is 8.63. The van der Waals surface area contributed by atoms with Gasteiger partial charge >= 0.3 is 0 Å². The standard InChI is InChI=1S/C15H23NO2/c1-10(2)12-8-14-15(18-7-6-17-14)9-13(12)11(3)4-5-16/h8-11H,4-7,16H2,1-3H3. The van der Waals surface area contributed by atoms with Crippen LogP contribution in [0.2, 0.25) is 0 Å². The molecule has 100 valence electrons. The van der Waals surface area contributed by atoms with Gasteiger partial charge in [-0.3, -0.25) is 0 Å². The number of fused-ring (bicyclic) bond motifs is 1. The van der Waals surface area contributed by atoms with Crippen molar-refractivity contribution in [3.05, 3.63) is 23.3 Å². The first-order valence-electron chi connectivity index (χ1n) is 6.77. The van der Waals surface area contributed by atoms with Gasteiger partial charge < -0.3 is 15.2 Å². The van der Waals surface area contributed by atoms with Gasteiger partial charge in [-0.15, -0.1) is 0 Å². The van der Waals surface area contributed by atoms with Crippen LogP contribution in [-0.4, -0.2) is 19.8 Å². The SMILES string of the molecule is CC(C)c1cc2c(cc1C(C)CCN)OCCO2. The van der Waals surface area contributed by atoms with Crippen LogP contribution in [0.15, 0.2) is 12.1 Å². The van der Waals surface area contributed by atoms with Gasteiger partial charge in [0.1, 0.15) is 13.2 Å². The number of benzene rings is 1. The van der Waals surface area contributed by atoms with Crippen molar-refractivity contribution in [3.63, 3.8) is 0 Å². The lowest BCUT2D eigenvalue weighted by Gasteiger charge is -2.24. The van der Waals surface area contributed by atoms with Gasteiger partial charge in [0.15, 0.2) is 11.5 Å². The molecular weight excluding hydrogens is 226 g/mol. The molecule has 0 amide bonds. The van der Waals surface area contributed by atoms with E-state index in [2.05, 4.69) is 32.9 Å². The van der Waals surface area contributed by atoms with Crippen molar-refractivity contribution in [1.82, 2.24) is 0 Å². The van der Waals surface area contributed by atoms with E-state index in [1.165, 1.54) is 11.1 Å². The molecule has 0 saturated carbocycles. The summed E-state index contributed by atoms with van der Waals surface area (Å²) in [5, 5.41) is 0. The van der Waals surface area contributed by atoms with Crippen molar-refractivity contribution in [1.29, 1.82) is 0 Å². The topological polar surface area (TPSA) is 44.5 Å². The molecule has 0 bridgehead atoms. The Kier molecular flexibility index (Phi) is 4.12. The van der Waals surface area contributed by atoms with Crippen LogP contribution >= 0.6 is 0 Å². The number of hydrogen-bond donors (Lipinski definition) is 1. The van der Waals surface area contributed by atoms with Crippen LogP contribution in [0.4, 0.5) is 0 Å². The number of hydrogen-bond acceptors (Lipinski definition) is 3. The smallest absolute Gasteiger partial charge is 0.161 e. The lowest BCUT2D eigenvalue weighted by molar-refractivity contribution is 0.171. The molecule has 0 spiro atoms. The Morgan fingerprint density at radius 2 is 1.61 bits per heavy atom. The van der Waals surface area contributed by atoms with Crippen LogP contribution in [0.3, 0.4) is 0 Å². The minimum absolute atomic E-state index is 0.461. The fourth-order valence-corrected chi connectivity index (χ4v) is 2.45. The van der Waals surface area contributed by atoms with Gasteiger partial charge in [-0.25, -0.2) is 0 Å². The lowest BCUT2D eigenvalue weighted by atomic mass is 9.87. The molecule has 1 unspecified atom stereocenters. The van der Waals surface area contributed by atoms with E-state index in [1.807, 2.05) is 0 Å². The monoisotopic (exact) mass is 249 g/mol. The molecule has 18 heavy (non-hydrogen) atoms. The van der Waals surface area contributed by atoms with Gasteiger partial charge in [-0.2, -0.15) is 0 Å². The first kappa shape index (κ1) is 13.2. The molecule has 1 aromatic rings. The Morgan fingerprint density at radius 1 is 1.06 bits per heavy atom. The second-order valence-corrected chi connectivity index (χ2v) is 5.26. The van der Waals surface area contributed by atoms with Crippen molar-refractivity contribution < 1.29 is 9.47 Å². The predicted molar refractivity (Wildman–Crippen MR) is 73.6 cm³/mol. The van der Waals surface area contributed by atoms with Crippen LogP contribution in [0.25, 0.3) is 0 Å². The van der Waals surface area contributed by atoms with E-state index in [4.69, 9.17) is 15.2 Å². The summed E-state index contributed by atoms with van der Waals surface area (Å²) in [7, 11) is 0. The summed E-state index contributed by atoms with van der Waals surface area (Å²) in [5.74, 6) is 2.71. The van der Waals surface area contributed by atoms with Gasteiger partial charge in [0, 0.05) is 0 Å². The van der Waals surface area contributed by atoms with Crippen molar-refractivity contribution in [2.75, 3.05) is 19.8 Å². The van der Waals surface area contributed by atoms with E-state index in [9.17, 15) is 0 Å². The van der Waals surface area contributed by atoms with Crippen LogP contribution in [-0.2, 0) is 0 Å². The van der Waals surface area contributed by atoms with Crippen LogP contribution < -0.4 is 15.2 Å². The largest absolute Gasteiger partial charge is 0.486 e. The van der Waals surface area contributed by atoms with Crippen molar-refractivity contribution in [2.45, 2.75) is 39.0 Å². The molecule has 1 aliphatic rings. The Bertz CT molecular complexity index is 415. The van der Waals surface area contributed by atoms with E-state index < -0.39 is 0 Å². The zero-order chi connectivity index (χ0) is 13.1. The Morgan fingerprint density at radius 3 is 2.11 bits per heavy atom. The highest BCUT2D eigenvalue weighted by Crippen LogP contribution is 2.39. The maximum absolute atomic E-state index is 5.67. The quantitative estimate of drug-likeness (QED) is 0.892. The third kappa shape index (κ3) is 2.61. The lowest BCUT2D eigenvalue weighted by Crippen LogP contribution is -2.17. The molecule has 3 heteroatoms. The molecule has 0 saturated heterocycles. The van der Waals surface area contributed by atoms with Gasteiger partial charge in [0.25, 0.3) is 0 Å². The molecule has 0 radical (unpaired) electrons. The summed E-state index contributed by atoms with van der Waals surface area (Å²) in [5.41, 5.74) is 8.37. The molecule has 1 heterocycles. The highest BCUT2D eigenvalue weighted by Gasteiger charge is 2.20. The van der Waals surface area contributed by atoms with Gasteiger partial charge in [0.2, 0.25) is 0 Å². The minimum Gasteiger partial charge on any atom is -0.486 e. The molecule has 0 fully saturated rings. The summed E-state index contributed by atoms with van der Waals surface area (Å²) in [6.45, 7) is 8.65. The van der Waals surface area contributed by atoms with Crippen LogP contribution in [0, 0.1) is 0 Å². The predicted octanol–water partition coefficient (Wildman–Crippen LogP) is 3.03. The Balaban J connectivity index is 2.42. The zero-order valence-corrected chi connectivity index (χ0v) is 11.5. The van der Waals surface area contributed by atoms with Crippen molar-refractivity contribution in [3.8, 4) is 11.5 Å². The van der Waals surface area contributed by atoms with Crippen molar-refractivity contribution >= 4 is 0 Å². The molecule has 2 N–H and O–H groups in total. The fraction of sp³-hybridized carbons (Fsp3) is 0.600. The van der Waals surface area contributed by atoms with E-state index in [-0.39, 0.29) is 0 Å². The van der Waals surface area contributed by atoms with Gasteiger partial charge in [-0.05, 0) is 48.1 Å². The second kappa shape index (κ2) is 5.61. The maximum atomic E-state index is 5.67. The van der Waals surface area contributed by atoms with Crippen LogP contribution in [0.5, 0.6) is 11.5 Å². The summed E-state index contributed by atoms with van der Waals surface area (Å²) >= 11 is 0. The third-order valence-corrected chi connectivity index (χ3v) is 3.50. The molecule has 0 aliphatic carbocycles. The first-order valence-corrected chi connectivity index (χ1v) is 6.77. The molecule has 1 atom stereocenters. The number of rotatable bonds is 4. The zero-order valence-electron chi connectivity index (χ0n) is 11.5. The second-order valence-electron chi connectivity index (χ2n) is 5.26. The normalized spacial score (nSPS) is 15.8. The molecule has 2 rings (SSSR count). The fourth-order valence-electron chi connectivity index (χ4n) is 2.45. The molecule has 1 aliphatic heterocycles. The number of ether oxygens (including phenoxy) is 2.